The summed E-state index contributed by atoms with van der Waals surface area (Å²) in [6.45, 7) is 0.0597. The number of rotatable bonds is 3. The van der Waals surface area contributed by atoms with Crippen molar-refractivity contribution in [1.82, 2.24) is 5.16 Å². The van der Waals surface area contributed by atoms with Gasteiger partial charge in [0.2, 0.25) is 0 Å². The van der Waals surface area contributed by atoms with Crippen LogP contribution in [-0.2, 0) is 6.42 Å². The third-order valence-electron chi connectivity index (χ3n) is 2.04. The van der Waals surface area contributed by atoms with Gasteiger partial charge in [-0.3, -0.25) is 0 Å². The molecule has 0 aliphatic heterocycles. The molecular formula is C11H10ClNO2. The van der Waals surface area contributed by atoms with E-state index >= 15 is 0 Å². The van der Waals surface area contributed by atoms with Crippen molar-refractivity contribution in [3.05, 3.63) is 41.1 Å². The first kappa shape index (κ1) is 10.2. The zero-order valence-electron chi connectivity index (χ0n) is 7.98. The van der Waals surface area contributed by atoms with Gasteiger partial charge in [-0.2, -0.15) is 0 Å². The Kier molecular flexibility index (Phi) is 3.04. The summed E-state index contributed by atoms with van der Waals surface area (Å²) in [6, 6.07) is 9.20. The second-order valence-electron chi connectivity index (χ2n) is 3.16. The first-order valence-electron chi connectivity index (χ1n) is 4.62. The van der Waals surface area contributed by atoms with Crippen molar-refractivity contribution in [2.75, 3.05) is 6.61 Å². The zero-order chi connectivity index (χ0) is 10.7. The first-order valence-corrected chi connectivity index (χ1v) is 5.00. The Morgan fingerprint density at radius 3 is 2.93 bits per heavy atom. The van der Waals surface area contributed by atoms with E-state index in [0.29, 0.717) is 17.2 Å². The standard InChI is InChI=1S/C11H10ClNO2/c12-9-3-1-2-8(6-9)11-7-10(4-5-14)15-13-11/h1-3,6-7,14H,4-5H2. The predicted octanol–water partition coefficient (Wildman–Crippen LogP) is 2.53. The van der Waals surface area contributed by atoms with Crippen LogP contribution in [0.3, 0.4) is 0 Å². The maximum absolute atomic E-state index is 8.73. The molecular weight excluding hydrogens is 214 g/mol. The van der Waals surface area contributed by atoms with E-state index in [0.717, 1.165) is 11.3 Å². The molecule has 0 radical (unpaired) electrons. The molecule has 0 bridgehead atoms. The lowest BCUT2D eigenvalue weighted by atomic mass is 10.1. The molecule has 0 amide bonds. The van der Waals surface area contributed by atoms with Gasteiger partial charge >= 0.3 is 0 Å². The van der Waals surface area contributed by atoms with E-state index in [1.165, 1.54) is 0 Å². The maximum atomic E-state index is 8.73. The number of benzene rings is 1. The predicted molar refractivity (Wildman–Crippen MR) is 57.7 cm³/mol. The van der Waals surface area contributed by atoms with Crippen LogP contribution in [-0.4, -0.2) is 16.9 Å². The fourth-order valence-corrected chi connectivity index (χ4v) is 1.52. The van der Waals surface area contributed by atoms with E-state index in [2.05, 4.69) is 5.16 Å². The van der Waals surface area contributed by atoms with Gasteiger partial charge in [0.15, 0.2) is 0 Å². The Morgan fingerprint density at radius 1 is 1.33 bits per heavy atom. The lowest BCUT2D eigenvalue weighted by Crippen LogP contribution is -1.86. The molecule has 1 N–H and O–H groups in total. The Balaban J connectivity index is 2.29. The topological polar surface area (TPSA) is 46.3 Å². The summed E-state index contributed by atoms with van der Waals surface area (Å²) in [6.07, 6.45) is 0.480. The van der Waals surface area contributed by atoms with Gasteiger partial charge < -0.3 is 9.63 Å². The summed E-state index contributed by atoms with van der Waals surface area (Å²) in [5.74, 6) is 0.674. The van der Waals surface area contributed by atoms with Gasteiger partial charge in [-0.25, -0.2) is 0 Å². The summed E-state index contributed by atoms with van der Waals surface area (Å²) in [7, 11) is 0. The number of aromatic nitrogens is 1. The third kappa shape index (κ3) is 2.37. The minimum atomic E-state index is 0.0597. The average molecular weight is 224 g/mol. The monoisotopic (exact) mass is 223 g/mol. The largest absolute Gasteiger partial charge is 0.396 e. The molecule has 0 spiro atoms. The summed E-state index contributed by atoms with van der Waals surface area (Å²) in [5.41, 5.74) is 1.65. The number of halogens is 1. The van der Waals surface area contributed by atoms with E-state index in [4.69, 9.17) is 21.2 Å². The Morgan fingerprint density at radius 2 is 2.20 bits per heavy atom. The van der Waals surface area contributed by atoms with Crippen LogP contribution in [0.2, 0.25) is 5.02 Å². The summed E-state index contributed by atoms with van der Waals surface area (Å²) >= 11 is 5.86. The molecule has 3 nitrogen and oxygen atoms in total. The van der Waals surface area contributed by atoms with Crippen LogP contribution >= 0.6 is 11.6 Å². The minimum absolute atomic E-state index is 0.0597. The van der Waals surface area contributed by atoms with Gasteiger partial charge in [-0.05, 0) is 12.1 Å². The van der Waals surface area contributed by atoms with Crippen LogP contribution in [0.25, 0.3) is 11.3 Å². The highest BCUT2D eigenvalue weighted by atomic mass is 35.5. The van der Waals surface area contributed by atoms with Gasteiger partial charge in [-0.15, -0.1) is 0 Å². The van der Waals surface area contributed by atoms with Crippen LogP contribution in [0.15, 0.2) is 34.9 Å². The van der Waals surface area contributed by atoms with Gasteiger partial charge in [0.25, 0.3) is 0 Å². The molecule has 0 fully saturated rings. The van der Waals surface area contributed by atoms with E-state index in [1.54, 1.807) is 6.07 Å². The molecule has 0 unspecified atom stereocenters. The van der Waals surface area contributed by atoms with E-state index in [1.807, 2.05) is 24.3 Å². The van der Waals surface area contributed by atoms with Gasteiger partial charge in [0.05, 0.1) is 6.61 Å². The normalized spacial score (nSPS) is 10.5. The highest BCUT2D eigenvalue weighted by Crippen LogP contribution is 2.22. The first-order chi connectivity index (χ1) is 7.29. The van der Waals surface area contributed by atoms with Gasteiger partial charge in [0.1, 0.15) is 11.5 Å². The maximum Gasteiger partial charge on any atom is 0.139 e. The Labute approximate surface area is 92.3 Å². The Bertz CT molecular complexity index is 453. The van der Waals surface area contributed by atoms with Crippen LogP contribution < -0.4 is 0 Å². The molecule has 2 rings (SSSR count). The SMILES string of the molecule is OCCc1cc(-c2cccc(Cl)c2)no1. The average Bonchev–Trinajstić information content (AvgIpc) is 2.67. The molecule has 1 heterocycles. The minimum Gasteiger partial charge on any atom is -0.396 e. The van der Waals surface area contributed by atoms with Crippen molar-refractivity contribution >= 4 is 11.6 Å². The number of aliphatic hydroxyl groups excluding tert-OH is 1. The lowest BCUT2D eigenvalue weighted by Gasteiger charge is -1.94. The number of hydrogen-bond donors (Lipinski definition) is 1. The molecule has 0 saturated carbocycles. The quantitative estimate of drug-likeness (QED) is 0.870. The second kappa shape index (κ2) is 4.47. The van der Waals surface area contributed by atoms with Crippen LogP contribution in [0.4, 0.5) is 0 Å². The lowest BCUT2D eigenvalue weighted by molar-refractivity contribution is 0.277. The van der Waals surface area contributed by atoms with Crippen LogP contribution in [0.5, 0.6) is 0 Å². The smallest absolute Gasteiger partial charge is 0.139 e. The molecule has 2 aromatic rings. The summed E-state index contributed by atoms with van der Waals surface area (Å²) in [4.78, 5) is 0. The van der Waals surface area contributed by atoms with Crippen LogP contribution in [0.1, 0.15) is 5.76 Å². The van der Waals surface area contributed by atoms with Crippen molar-refractivity contribution in [3.8, 4) is 11.3 Å². The molecule has 0 atom stereocenters. The zero-order valence-corrected chi connectivity index (χ0v) is 8.74. The molecule has 0 saturated heterocycles. The third-order valence-corrected chi connectivity index (χ3v) is 2.27. The van der Waals surface area contributed by atoms with Crippen molar-refractivity contribution in [2.24, 2.45) is 0 Å². The van der Waals surface area contributed by atoms with Crippen LogP contribution in [0, 0.1) is 0 Å². The fraction of sp³-hybridized carbons (Fsp3) is 0.182. The van der Waals surface area contributed by atoms with E-state index < -0.39 is 0 Å². The van der Waals surface area contributed by atoms with Gasteiger partial charge in [0, 0.05) is 23.1 Å². The van der Waals surface area contributed by atoms with Crippen molar-refractivity contribution in [3.63, 3.8) is 0 Å². The molecule has 1 aromatic carbocycles. The number of hydrogen-bond acceptors (Lipinski definition) is 3. The fourth-order valence-electron chi connectivity index (χ4n) is 1.32. The molecule has 4 heteroatoms. The van der Waals surface area contributed by atoms with Crippen molar-refractivity contribution in [1.29, 1.82) is 0 Å². The summed E-state index contributed by atoms with van der Waals surface area (Å²) in [5, 5.41) is 13.3. The molecule has 0 aliphatic rings. The highest BCUT2D eigenvalue weighted by molar-refractivity contribution is 6.30. The Hall–Kier alpha value is -1.32. The molecule has 0 aliphatic carbocycles. The van der Waals surface area contributed by atoms with E-state index in [9.17, 15) is 0 Å². The molecule has 15 heavy (non-hydrogen) atoms. The molecule has 78 valence electrons. The van der Waals surface area contributed by atoms with E-state index in [-0.39, 0.29) is 6.61 Å². The molecule has 1 aromatic heterocycles. The number of aliphatic hydroxyl groups is 1. The second-order valence-corrected chi connectivity index (χ2v) is 3.60. The highest BCUT2D eigenvalue weighted by Gasteiger charge is 2.05. The van der Waals surface area contributed by atoms with Gasteiger partial charge in [-0.1, -0.05) is 28.9 Å². The van der Waals surface area contributed by atoms with Crippen molar-refractivity contribution < 1.29 is 9.63 Å². The number of nitrogens with zero attached hydrogens (tertiary/aromatic N) is 1. The summed E-state index contributed by atoms with van der Waals surface area (Å²) < 4.78 is 5.05. The van der Waals surface area contributed by atoms with Crippen molar-refractivity contribution in [2.45, 2.75) is 6.42 Å².